The number of ketones is 1. The molecule has 0 aliphatic carbocycles. The smallest absolute Gasteiger partial charge is 0.511 e. The number of carbonyl (C=O) groups is 4. The molecule has 1 amide bonds. The summed E-state index contributed by atoms with van der Waals surface area (Å²) >= 11 is 0. The van der Waals surface area contributed by atoms with Crippen molar-refractivity contribution in [3.63, 3.8) is 0 Å². The van der Waals surface area contributed by atoms with Crippen LogP contribution in [-0.4, -0.2) is 72.5 Å². The van der Waals surface area contributed by atoms with E-state index in [2.05, 4.69) is 18.4 Å². The molecule has 0 unspecified atom stereocenters. The number of hydrogen-bond donors (Lipinski definition) is 1. The fourth-order valence-electron chi connectivity index (χ4n) is 4.20. The van der Waals surface area contributed by atoms with Gasteiger partial charge in [-0.05, 0) is 38.0 Å². The fraction of sp³-hybridized carbons (Fsp3) is 0.704. The number of unbranched alkanes of at least 4 members (excludes halogenated alkanes) is 2. The number of esters is 1. The van der Waals surface area contributed by atoms with Crippen LogP contribution in [0, 0.1) is 17.8 Å². The maximum atomic E-state index is 12.4. The van der Waals surface area contributed by atoms with Gasteiger partial charge >= 0.3 is 12.1 Å². The molecule has 2 aliphatic rings. The molecule has 37 heavy (non-hydrogen) atoms. The summed E-state index contributed by atoms with van der Waals surface area (Å²) in [6, 6.07) is -0.317. The highest BCUT2D eigenvalue weighted by atomic mass is 16.8. The zero-order valence-electron chi connectivity index (χ0n) is 21.7. The molecule has 2 fully saturated rings. The summed E-state index contributed by atoms with van der Waals surface area (Å²) in [6.07, 6.45) is 4.98. The monoisotopic (exact) mass is 521 g/mol. The zero-order chi connectivity index (χ0) is 27.0. The number of nitrogens with zero attached hydrogens (tertiary/aromatic N) is 1. The molecule has 0 aromatic carbocycles. The Morgan fingerprint density at radius 1 is 1.08 bits per heavy atom. The van der Waals surface area contributed by atoms with E-state index in [1.807, 2.05) is 6.92 Å². The third kappa shape index (κ3) is 11.3. The molecule has 0 bridgehead atoms. The lowest BCUT2D eigenvalue weighted by Crippen LogP contribution is -2.36. The molecule has 2 rings (SSSR count). The number of rotatable bonds is 13. The maximum absolute atomic E-state index is 12.4. The zero-order valence-corrected chi connectivity index (χ0v) is 21.7. The summed E-state index contributed by atoms with van der Waals surface area (Å²) < 4.78 is 20.2. The standard InChI is InChI=1S/C27H39NO9/c1-3-4-8-21(26(32)35-19-36-27(33)37-23-14-17-34-18-15-23)12-13-22(30)9-5-6-11-25(31)28-16-7-10-24(28)20(2)29/h21,23-24,29H,2-11,14-19H2,1H3/t21-,24+/m0/s1. The lowest BCUT2D eigenvalue weighted by molar-refractivity contribution is -0.157. The molecule has 206 valence electrons. The van der Waals surface area contributed by atoms with Gasteiger partial charge in [-0.15, -0.1) is 0 Å². The van der Waals surface area contributed by atoms with Gasteiger partial charge in [0.05, 0.1) is 19.3 Å². The van der Waals surface area contributed by atoms with E-state index in [4.69, 9.17) is 18.9 Å². The van der Waals surface area contributed by atoms with Crippen LogP contribution in [0.25, 0.3) is 0 Å². The Hall–Kier alpha value is -3.06. The van der Waals surface area contributed by atoms with Crippen molar-refractivity contribution in [3.05, 3.63) is 12.3 Å². The van der Waals surface area contributed by atoms with E-state index in [0.29, 0.717) is 58.3 Å². The van der Waals surface area contributed by atoms with Crippen molar-refractivity contribution in [2.45, 2.75) is 89.7 Å². The van der Waals surface area contributed by atoms with Gasteiger partial charge in [0.1, 0.15) is 17.8 Å². The van der Waals surface area contributed by atoms with Gasteiger partial charge in [0.15, 0.2) is 0 Å². The van der Waals surface area contributed by atoms with E-state index in [9.17, 15) is 24.3 Å². The minimum atomic E-state index is -0.911. The number of carbonyl (C=O) groups excluding carboxylic acids is 4. The van der Waals surface area contributed by atoms with Gasteiger partial charge in [-0.2, -0.15) is 0 Å². The minimum absolute atomic E-state index is 0.00827. The van der Waals surface area contributed by atoms with Gasteiger partial charge in [-0.3, -0.25) is 14.4 Å². The Morgan fingerprint density at radius 2 is 1.81 bits per heavy atom. The highest BCUT2D eigenvalue weighted by molar-refractivity contribution is 5.96. The summed E-state index contributed by atoms with van der Waals surface area (Å²) in [5.41, 5.74) is 0. The summed E-state index contributed by atoms with van der Waals surface area (Å²) in [5.74, 6) is 3.38. The quantitative estimate of drug-likeness (QED) is 0.0960. The number of amides is 1. The average molecular weight is 522 g/mol. The maximum Gasteiger partial charge on any atom is 0.511 e. The first-order valence-corrected chi connectivity index (χ1v) is 13.1. The number of ether oxygens (including phenoxy) is 4. The van der Waals surface area contributed by atoms with E-state index in [-0.39, 0.29) is 42.4 Å². The highest BCUT2D eigenvalue weighted by Crippen LogP contribution is 2.23. The number of likely N-dealkylation sites (tertiary alicyclic amines) is 1. The molecule has 10 nitrogen and oxygen atoms in total. The fourth-order valence-corrected chi connectivity index (χ4v) is 4.20. The van der Waals surface area contributed by atoms with Crippen LogP contribution in [0.5, 0.6) is 0 Å². The van der Waals surface area contributed by atoms with Crippen LogP contribution in [0.1, 0.15) is 77.6 Å². The van der Waals surface area contributed by atoms with Crippen molar-refractivity contribution < 1.29 is 43.2 Å². The number of hydrogen-bond acceptors (Lipinski definition) is 9. The number of aliphatic hydroxyl groups excluding tert-OH is 1. The molecule has 10 heteroatoms. The second-order valence-electron chi connectivity index (χ2n) is 9.24. The first-order valence-electron chi connectivity index (χ1n) is 13.1. The summed E-state index contributed by atoms with van der Waals surface area (Å²) in [4.78, 5) is 50.4. The van der Waals surface area contributed by atoms with Crippen molar-refractivity contribution in [1.82, 2.24) is 4.90 Å². The average Bonchev–Trinajstić information content (AvgIpc) is 3.38. The second-order valence-corrected chi connectivity index (χ2v) is 9.24. The Bertz CT molecular complexity index is 854. The summed E-state index contributed by atoms with van der Waals surface area (Å²) in [5, 5.41) is 9.63. The molecule has 1 N–H and O–H groups in total. The number of aliphatic hydroxyl groups is 1. The van der Waals surface area contributed by atoms with Crippen molar-refractivity contribution in [1.29, 1.82) is 0 Å². The predicted molar refractivity (Wildman–Crippen MR) is 133 cm³/mol. The van der Waals surface area contributed by atoms with Crippen LogP contribution in [0.2, 0.25) is 0 Å². The molecule has 0 spiro atoms. The predicted octanol–water partition coefficient (Wildman–Crippen LogP) is 3.82. The van der Waals surface area contributed by atoms with Crippen LogP contribution in [-0.2, 0) is 33.3 Å². The largest absolute Gasteiger partial charge is 0.511 e. The van der Waals surface area contributed by atoms with E-state index in [1.165, 1.54) is 0 Å². The topological polar surface area (TPSA) is 129 Å². The van der Waals surface area contributed by atoms with Crippen molar-refractivity contribution in [3.8, 4) is 11.8 Å². The molecular formula is C27H39NO9. The Labute approximate surface area is 218 Å². The Kier molecular flexibility index (Phi) is 13.6. The molecule has 2 atom stereocenters. The lowest BCUT2D eigenvalue weighted by Gasteiger charge is -2.23. The third-order valence-corrected chi connectivity index (χ3v) is 6.33. The molecule has 0 radical (unpaired) electrons. The third-order valence-electron chi connectivity index (χ3n) is 6.33. The van der Waals surface area contributed by atoms with Gasteiger partial charge in [0, 0.05) is 32.2 Å². The molecule has 0 aromatic heterocycles. The van der Waals surface area contributed by atoms with Gasteiger partial charge < -0.3 is 29.0 Å². The van der Waals surface area contributed by atoms with E-state index >= 15 is 0 Å². The van der Waals surface area contributed by atoms with Gasteiger partial charge in [0.25, 0.3) is 0 Å². The SMILES string of the molecule is C=C(O)[C@H]1CCCN1C(=O)CCCCC(=O)C#C[C@H](CCCC)C(=O)OCOC(=O)OC1CCOCC1. The van der Waals surface area contributed by atoms with E-state index in [1.54, 1.807) is 4.90 Å². The van der Waals surface area contributed by atoms with Gasteiger partial charge in [-0.1, -0.05) is 32.3 Å². The molecule has 0 aromatic rings. The molecule has 2 aliphatic heterocycles. The van der Waals surface area contributed by atoms with Gasteiger partial charge in [0.2, 0.25) is 18.5 Å². The second kappa shape index (κ2) is 16.6. The van der Waals surface area contributed by atoms with Crippen LogP contribution in [0.3, 0.4) is 0 Å². The van der Waals surface area contributed by atoms with Gasteiger partial charge in [-0.25, -0.2) is 4.79 Å². The van der Waals surface area contributed by atoms with E-state index < -0.39 is 24.8 Å². The molecule has 0 saturated carbocycles. The molecule has 2 saturated heterocycles. The van der Waals surface area contributed by atoms with Crippen LogP contribution < -0.4 is 0 Å². The first kappa shape index (κ1) is 30.2. The molecule has 2 heterocycles. The van der Waals surface area contributed by atoms with Crippen molar-refractivity contribution >= 4 is 23.8 Å². The van der Waals surface area contributed by atoms with Crippen LogP contribution >= 0.6 is 0 Å². The summed E-state index contributed by atoms with van der Waals surface area (Å²) in [7, 11) is 0. The Balaban J connectivity index is 1.71. The minimum Gasteiger partial charge on any atom is -0.511 e. The first-order chi connectivity index (χ1) is 17.8. The molecular weight excluding hydrogens is 482 g/mol. The van der Waals surface area contributed by atoms with E-state index in [0.717, 1.165) is 19.3 Å². The van der Waals surface area contributed by atoms with Crippen LogP contribution in [0.4, 0.5) is 4.79 Å². The lowest BCUT2D eigenvalue weighted by atomic mass is 10.0. The Morgan fingerprint density at radius 3 is 2.51 bits per heavy atom. The summed E-state index contributed by atoms with van der Waals surface area (Å²) in [6.45, 7) is 6.55. The highest BCUT2D eigenvalue weighted by Gasteiger charge is 2.30. The van der Waals surface area contributed by atoms with Crippen molar-refractivity contribution in [2.75, 3.05) is 26.6 Å². The normalized spacial score (nSPS) is 18.3. The number of Topliss-reactive ketones (excluding diaryl/α,β-unsaturated/α-hetero) is 1. The van der Waals surface area contributed by atoms with Crippen molar-refractivity contribution in [2.24, 2.45) is 5.92 Å². The van der Waals surface area contributed by atoms with Crippen LogP contribution in [0.15, 0.2) is 12.3 Å².